The van der Waals surface area contributed by atoms with Crippen LogP contribution < -0.4 is 4.74 Å². The van der Waals surface area contributed by atoms with E-state index in [1.165, 1.54) is 12.5 Å². The first-order chi connectivity index (χ1) is 10.1. The number of rotatable bonds is 5. The first-order valence-electron chi connectivity index (χ1n) is 7.48. The predicted molar refractivity (Wildman–Crippen MR) is 76.7 cm³/mol. The molecule has 5 heteroatoms. The Hall–Kier alpha value is -1.65. The highest BCUT2D eigenvalue weighted by molar-refractivity contribution is 5.97. The summed E-state index contributed by atoms with van der Waals surface area (Å²) in [5, 5.41) is 0. The topological polar surface area (TPSA) is 29.5 Å². The molecule has 0 spiro atoms. The molecule has 0 radical (unpaired) electrons. The van der Waals surface area contributed by atoms with Gasteiger partial charge in [-0.3, -0.25) is 4.79 Å². The summed E-state index contributed by atoms with van der Waals surface area (Å²) in [4.78, 5) is 14.5. The lowest BCUT2D eigenvalue weighted by molar-refractivity contribution is -0.0503. The minimum absolute atomic E-state index is 0.0493. The van der Waals surface area contributed by atoms with Gasteiger partial charge in [0.1, 0.15) is 5.75 Å². The maximum Gasteiger partial charge on any atom is 0.387 e. The maximum atomic E-state index is 12.7. The lowest BCUT2D eigenvalue weighted by Crippen LogP contribution is -2.41. The van der Waals surface area contributed by atoms with Crippen LogP contribution in [0.1, 0.15) is 49.4 Å². The molecule has 116 valence electrons. The third-order valence-electron chi connectivity index (χ3n) is 3.95. The van der Waals surface area contributed by atoms with E-state index in [1.54, 1.807) is 23.1 Å². The molecule has 1 amide bonds. The van der Waals surface area contributed by atoms with E-state index < -0.39 is 6.61 Å². The number of alkyl halides is 2. The Kier molecular flexibility index (Phi) is 5.53. The van der Waals surface area contributed by atoms with Crippen LogP contribution in [0.4, 0.5) is 8.78 Å². The van der Waals surface area contributed by atoms with Crippen LogP contribution in [0.2, 0.25) is 0 Å². The lowest BCUT2D eigenvalue weighted by Gasteiger charge is -2.34. The second-order valence-electron chi connectivity index (χ2n) is 5.26. The fourth-order valence-electron chi connectivity index (χ4n) is 2.96. The molecule has 1 aliphatic rings. The summed E-state index contributed by atoms with van der Waals surface area (Å²) in [5.74, 6) is -0.271. The third-order valence-corrected chi connectivity index (χ3v) is 3.95. The molecular formula is C16H21F2NO2. The molecule has 0 unspecified atom stereocenters. The van der Waals surface area contributed by atoms with Crippen molar-refractivity contribution in [1.29, 1.82) is 0 Å². The zero-order chi connectivity index (χ0) is 15.2. The van der Waals surface area contributed by atoms with Gasteiger partial charge in [-0.15, -0.1) is 0 Å². The number of ether oxygens (including phenoxy) is 1. The first-order valence-corrected chi connectivity index (χ1v) is 7.48. The van der Waals surface area contributed by atoms with Crippen molar-refractivity contribution in [2.24, 2.45) is 0 Å². The number of benzene rings is 1. The molecule has 0 N–H and O–H groups in total. The molecular weight excluding hydrogens is 276 g/mol. The van der Waals surface area contributed by atoms with E-state index in [2.05, 4.69) is 4.74 Å². The number of hydrogen-bond donors (Lipinski definition) is 0. The normalized spacial score (nSPS) is 16.0. The molecule has 21 heavy (non-hydrogen) atoms. The van der Waals surface area contributed by atoms with Crippen molar-refractivity contribution >= 4 is 5.91 Å². The Bertz CT molecular complexity index is 473. The van der Waals surface area contributed by atoms with Gasteiger partial charge >= 0.3 is 6.61 Å². The fraction of sp³-hybridized carbons (Fsp3) is 0.562. The lowest BCUT2D eigenvalue weighted by atomic mass is 9.93. The van der Waals surface area contributed by atoms with Crippen molar-refractivity contribution < 1.29 is 18.3 Å². The molecule has 0 aromatic heterocycles. The van der Waals surface area contributed by atoms with Crippen molar-refractivity contribution in [3.05, 3.63) is 29.8 Å². The molecule has 1 fully saturated rings. The number of hydrogen-bond acceptors (Lipinski definition) is 2. The van der Waals surface area contributed by atoms with Crippen LogP contribution in [0.25, 0.3) is 0 Å². The molecule has 0 atom stereocenters. The van der Waals surface area contributed by atoms with Crippen LogP contribution in [-0.4, -0.2) is 30.0 Å². The zero-order valence-corrected chi connectivity index (χ0v) is 12.2. The average Bonchev–Trinajstić information content (AvgIpc) is 2.49. The molecule has 1 aliphatic carbocycles. The summed E-state index contributed by atoms with van der Waals surface area (Å²) in [6.07, 6.45) is 5.40. The molecule has 3 nitrogen and oxygen atoms in total. The van der Waals surface area contributed by atoms with Gasteiger partial charge < -0.3 is 9.64 Å². The Morgan fingerprint density at radius 3 is 2.57 bits per heavy atom. The molecule has 0 heterocycles. The molecule has 2 rings (SSSR count). The molecule has 0 bridgehead atoms. The van der Waals surface area contributed by atoms with E-state index in [4.69, 9.17) is 0 Å². The van der Waals surface area contributed by atoms with Gasteiger partial charge in [-0.05, 0) is 31.9 Å². The minimum Gasteiger partial charge on any atom is -0.434 e. The van der Waals surface area contributed by atoms with Crippen LogP contribution in [0.15, 0.2) is 24.3 Å². The predicted octanol–water partition coefficient (Wildman–Crippen LogP) is 4.08. The summed E-state index contributed by atoms with van der Waals surface area (Å²) in [5.41, 5.74) is 0.213. The highest BCUT2D eigenvalue weighted by atomic mass is 19.3. The van der Waals surface area contributed by atoms with E-state index in [9.17, 15) is 13.6 Å². The second kappa shape index (κ2) is 7.38. The number of nitrogens with zero attached hydrogens (tertiary/aromatic N) is 1. The van der Waals surface area contributed by atoms with Crippen LogP contribution in [0.3, 0.4) is 0 Å². The van der Waals surface area contributed by atoms with Crippen LogP contribution >= 0.6 is 0 Å². The van der Waals surface area contributed by atoms with Crippen molar-refractivity contribution in [2.45, 2.75) is 51.7 Å². The van der Waals surface area contributed by atoms with E-state index >= 15 is 0 Å². The standard InChI is InChI=1S/C16H21F2NO2/c1-2-19(12-8-4-3-5-9-12)15(20)13-10-6-7-11-14(13)21-16(17)18/h6-7,10-12,16H,2-5,8-9H2,1H3. The largest absolute Gasteiger partial charge is 0.434 e. The molecule has 1 aromatic rings. The van der Waals surface area contributed by atoms with E-state index in [0.717, 1.165) is 25.7 Å². The van der Waals surface area contributed by atoms with Crippen LogP contribution in [-0.2, 0) is 0 Å². The SMILES string of the molecule is CCN(C(=O)c1ccccc1OC(F)F)C1CCCCC1. The summed E-state index contributed by atoms with van der Waals surface area (Å²) < 4.78 is 29.4. The number of para-hydroxylation sites is 1. The van der Waals surface area contributed by atoms with Gasteiger partial charge in [-0.1, -0.05) is 31.4 Å². The quantitative estimate of drug-likeness (QED) is 0.819. The van der Waals surface area contributed by atoms with E-state index in [-0.39, 0.29) is 23.3 Å². The molecule has 0 saturated heterocycles. The highest BCUT2D eigenvalue weighted by Crippen LogP contribution is 2.27. The number of carbonyl (C=O) groups is 1. The van der Waals surface area contributed by atoms with Gasteiger partial charge in [0, 0.05) is 12.6 Å². The Morgan fingerprint density at radius 1 is 1.29 bits per heavy atom. The highest BCUT2D eigenvalue weighted by Gasteiger charge is 2.27. The smallest absolute Gasteiger partial charge is 0.387 e. The van der Waals surface area contributed by atoms with Crippen molar-refractivity contribution in [3.63, 3.8) is 0 Å². The van der Waals surface area contributed by atoms with Gasteiger partial charge in [-0.2, -0.15) is 8.78 Å². The van der Waals surface area contributed by atoms with Crippen molar-refractivity contribution in [2.75, 3.05) is 6.54 Å². The summed E-state index contributed by atoms with van der Waals surface area (Å²) in [7, 11) is 0. The fourth-order valence-corrected chi connectivity index (χ4v) is 2.96. The molecule has 0 aliphatic heterocycles. The van der Waals surface area contributed by atoms with E-state index in [1.807, 2.05) is 6.92 Å². The maximum absolute atomic E-state index is 12.7. The third kappa shape index (κ3) is 3.93. The number of amides is 1. The summed E-state index contributed by atoms with van der Waals surface area (Å²) >= 11 is 0. The number of halogens is 2. The van der Waals surface area contributed by atoms with Gasteiger partial charge in [0.05, 0.1) is 5.56 Å². The summed E-state index contributed by atoms with van der Waals surface area (Å²) in [6, 6.07) is 6.42. The minimum atomic E-state index is -2.93. The molecule has 1 aromatic carbocycles. The van der Waals surface area contributed by atoms with Gasteiger partial charge in [0.15, 0.2) is 0 Å². The number of carbonyl (C=O) groups excluding carboxylic acids is 1. The van der Waals surface area contributed by atoms with Gasteiger partial charge in [0.2, 0.25) is 0 Å². The van der Waals surface area contributed by atoms with Crippen molar-refractivity contribution in [1.82, 2.24) is 4.90 Å². The second-order valence-corrected chi connectivity index (χ2v) is 5.26. The Morgan fingerprint density at radius 2 is 1.95 bits per heavy atom. The Balaban J connectivity index is 2.20. The van der Waals surface area contributed by atoms with Crippen LogP contribution in [0.5, 0.6) is 5.75 Å². The molecule has 1 saturated carbocycles. The van der Waals surface area contributed by atoms with Crippen molar-refractivity contribution in [3.8, 4) is 5.75 Å². The average molecular weight is 297 g/mol. The van der Waals surface area contributed by atoms with Gasteiger partial charge in [0.25, 0.3) is 5.91 Å². The van der Waals surface area contributed by atoms with Crippen LogP contribution in [0, 0.1) is 0 Å². The zero-order valence-electron chi connectivity index (χ0n) is 12.2. The first kappa shape index (κ1) is 15.7. The monoisotopic (exact) mass is 297 g/mol. The summed E-state index contributed by atoms with van der Waals surface area (Å²) in [6.45, 7) is -0.431. The van der Waals surface area contributed by atoms with E-state index in [0.29, 0.717) is 6.54 Å². The Labute approximate surface area is 123 Å². The van der Waals surface area contributed by atoms with Gasteiger partial charge in [-0.25, -0.2) is 0 Å².